The van der Waals surface area contributed by atoms with Crippen molar-refractivity contribution in [1.29, 1.82) is 0 Å². The average molecular weight is 507 g/mol. The van der Waals surface area contributed by atoms with Crippen molar-refractivity contribution >= 4 is 34.6 Å². The van der Waals surface area contributed by atoms with Crippen LogP contribution in [0.2, 0.25) is 0 Å². The number of nitro groups is 1. The smallest absolute Gasteiger partial charge is 0.416 e. The Kier molecular flexibility index (Phi) is 7.20. The fraction of sp³-hybridized carbons (Fsp3) is 0.136. The first-order chi connectivity index (χ1) is 16.4. The van der Waals surface area contributed by atoms with Crippen LogP contribution < -0.4 is 5.43 Å². The largest absolute Gasteiger partial charge is 0.506 e. The number of nitro benzene ring substituents is 1. The number of nitrogens with one attached hydrogen (secondary N) is 1. The molecule has 0 spiro atoms. The van der Waals surface area contributed by atoms with Crippen LogP contribution in [0.25, 0.3) is 10.4 Å². The Morgan fingerprint density at radius 2 is 1.80 bits per heavy atom. The number of esters is 1. The van der Waals surface area contributed by atoms with Crippen LogP contribution in [0.4, 0.5) is 18.9 Å². The van der Waals surface area contributed by atoms with Gasteiger partial charge in [0.15, 0.2) is 0 Å². The first-order valence-electron chi connectivity index (χ1n) is 9.64. The third-order valence-electron chi connectivity index (χ3n) is 4.82. The summed E-state index contributed by atoms with van der Waals surface area (Å²) in [4.78, 5) is 34.8. The lowest BCUT2D eigenvalue weighted by molar-refractivity contribution is -0.385. The molecule has 0 saturated carbocycles. The average Bonchev–Trinajstić information content (AvgIpc) is 3.22. The Labute approximate surface area is 199 Å². The van der Waals surface area contributed by atoms with Gasteiger partial charge in [-0.2, -0.15) is 18.3 Å². The Bertz CT molecular complexity index is 1330. The van der Waals surface area contributed by atoms with Gasteiger partial charge in [-0.25, -0.2) is 10.2 Å². The lowest BCUT2D eigenvalue weighted by Crippen LogP contribution is -2.20. The molecule has 0 radical (unpaired) electrons. The topological polar surface area (TPSA) is 131 Å². The van der Waals surface area contributed by atoms with Gasteiger partial charge in [0.2, 0.25) is 0 Å². The minimum Gasteiger partial charge on any atom is -0.506 e. The minimum atomic E-state index is -4.48. The number of thiophene rings is 1. The summed E-state index contributed by atoms with van der Waals surface area (Å²) in [5.74, 6) is -1.99. The van der Waals surface area contributed by atoms with Crippen molar-refractivity contribution in [2.24, 2.45) is 5.10 Å². The van der Waals surface area contributed by atoms with Crippen LogP contribution in [-0.2, 0) is 10.9 Å². The van der Waals surface area contributed by atoms with Gasteiger partial charge in [0.1, 0.15) is 11.3 Å². The van der Waals surface area contributed by atoms with Crippen LogP contribution in [0.5, 0.6) is 5.75 Å². The molecule has 0 aliphatic heterocycles. The fourth-order valence-electron chi connectivity index (χ4n) is 2.99. The number of rotatable bonds is 6. The number of methoxy groups -OCH3 is 1. The van der Waals surface area contributed by atoms with Gasteiger partial charge in [0, 0.05) is 17.0 Å². The summed E-state index contributed by atoms with van der Waals surface area (Å²) in [6, 6.07) is 7.44. The monoisotopic (exact) mass is 507 g/mol. The number of carbonyl (C=O) groups excluding carboxylic acids is 2. The number of hydrogen-bond acceptors (Lipinski definition) is 8. The summed E-state index contributed by atoms with van der Waals surface area (Å²) in [7, 11) is 1.06. The van der Waals surface area contributed by atoms with Gasteiger partial charge in [0.25, 0.3) is 11.6 Å². The van der Waals surface area contributed by atoms with Gasteiger partial charge < -0.3 is 9.84 Å². The van der Waals surface area contributed by atoms with E-state index in [2.05, 4.69) is 15.3 Å². The molecule has 3 rings (SSSR count). The fourth-order valence-corrected chi connectivity index (χ4v) is 4.00. The van der Waals surface area contributed by atoms with Crippen molar-refractivity contribution in [3.05, 3.63) is 80.2 Å². The van der Waals surface area contributed by atoms with Gasteiger partial charge >= 0.3 is 12.1 Å². The third kappa shape index (κ3) is 5.46. The highest BCUT2D eigenvalue weighted by Gasteiger charge is 2.30. The molecule has 13 heteroatoms. The molecule has 182 valence electrons. The Hall–Kier alpha value is -4.26. The molecule has 0 aliphatic carbocycles. The van der Waals surface area contributed by atoms with Crippen LogP contribution in [0, 0.1) is 10.1 Å². The summed E-state index contributed by atoms with van der Waals surface area (Å²) in [6.45, 7) is 1.47. The molecule has 0 aliphatic rings. The van der Waals surface area contributed by atoms with Crippen molar-refractivity contribution in [3.8, 4) is 16.2 Å². The first-order valence-corrected chi connectivity index (χ1v) is 10.5. The maximum atomic E-state index is 12.8. The predicted octanol–water partition coefficient (Wildman–Crippen LogP) is 4.99. The number of halogens is 3. The first kappa shape index (κ1) is 25.4. The van der Waals surface area contributed by atoms with Gasteiger partial charge in [-0.15, -0.1) is 11.3 Å². The number of carbonyl (C=O) groups is 2. The normalized spacial score (nSPS) is 11.7. The predicted molar refractivity (Wildman–Crippen MR) is 121 cm³/mol. The number of aromatic hydroxyl groups is 1. The van der Waals surface area contributed by atoms with Gasteiger partial charge in [0.05, 0.1) is 33.7 Å². The van der Waals surface area contributed by atoms with Crippen molar-refractivity contribution in [1.82, 2.24) is 5.43 Å². The Morgan fingerprint density at radius 1 is 1.14 bits per heavy atom. The van der Waals surface area contributed by atoms with Gasteiger partial charge in [-0.1, -0.05) is 12.1 Å². The zero-order valence-electron chi connectivity index (χ0n) is 18.0. The van der Waals surface area contributed by atoms with E-state index in [0.29, 0.717) is 10.4 Å². The van der Waals surface area contributed by atoms with E-state index in [1.165, 1.54) is 30.5 Å². The second-order valence-electron chi connectivity index (χ2n) is 7.02. The van der Waals surface area contributed by atoms with Crippen molar-refractivity contribution < 1.29 is 37.5 Å². The summed E-state index contributed by atoms with van der Waals surface area (Å²) in [5, 5.41) is 27.2. The zero-order valence-corrected chi connectivity index (χ0v) is 18.9. The van der Waals surface area contributed by atoms with Crippen LogP contribution >= 0.6 is 11.3 Å². The second kappa shape index (κ2) is 9.93. The maximum Gasteiger partial charge on any atom is 0.416 e. The molecule has 1 amide bonds. The molecule has 1 aromatic heterocycles. The van der Waals surface area contributed by atoms with E-state index in [0.717, 1.165) is 42.7 Å². The molecule has 0 saturated heterocycles. The number of amides is 1. The number of nitrogens with zero attached hydrogens (tertiary/aromatic N) is 2. The van der Waals surface area contributed by atoms with Gasteiger partial charge in [-0.3, -0.25) is 14.9 Å². The van der Waals surface area contributed by atoms with Crippen molar-refractivity contribution in [3.63, 3.8) is 0 Å². The van der Waals surface area contributed by atoms with Crippen molar-refractivity contribution in [2.45, 2.75) is 13.1 Å². The number of ether oxygens (including phenoxy) is 1. The SMILES string of the molecule is COC(=O)c1ccc(C(=O)NN=C(C)c2csc(-c3ccc(C(F)(F)F)cc3)c2O)cc1[N+](=O)[O-]. The maximum absolute atomic E-state index is 12.8. The highest BCUT2D eigenvalue weighted by atomic mass is 32.1. The zero-order chi connectivity index (χ0) is 25.9. The van der Waals surface area contributed by atoms with Crippen LogP contribution in [0.15, 0.2) is 52.9 Å². The van der Waals surface area contributed by atoms with E-state index in [4.69, 9.17) is 0 Å². The highest BCUT2D eigenvalue weighted by Crippen LogP contribution is 2.40. The standard InChI is InChI=1S/C22H16F3N3O6S/c1-11(16-10-35-19(18(16)29)12-3-6-14(7-4-12)22(23,24)25)26-27-20(30)13-5-8-15(21(31)34-2)17(9-13)28(32)33/h3-10,29H,1-2H3,(H,27,30). The third-order valence-corrected chi connectivity index (χ3v) is 5.83. The molecule has 2 N–H and O–H groups in total. The van der Waals surface area contributed by atoms with Gasteiger partial charge in [-0.05, 0) is 36.8 Å². The van der Waals surface area contributed by atoms with Crippen LogP contribution in [-0.4, -0.2) is 34.7 Å². The van der Waals surface area contributed by atoms with E-state index >= 15 is 0 Å². The lowest BCUT2D eigenvalue weighted by atomic mass is 10.1. The van der Waals surface area contributed by atoms with E-state index in [9.17, 15) is 38.0 Å². The summed E-state index contributed by atoms with van der Waals surface area (Å²) >= 11 is 1.07. The van der Waals surface area contributed by atoms with E-state index in [1.54, 1.807) is 0 Å². The van der Waals surface area contributed by atoms with E-state index in [-0.39, 0.29) is 28.2 Å². The minimum absolute atomic E-state index is 0.152. The molecule has 0 atom stereocenters. The van der Waals surface area contributed by atoms with E-state index < -0.39 is 34.2 Å². The molecule has 35 heavy (non-hydrogen) atoms. The molecule has 1 heterocycles. The van der Waals surface area contributed by atoms with Crippen molar-refractivity contribution in [2.75, 3.05) is 7.11 Å². The molecule has 0 unspecified atom stereocenters. The quantitative estimate of drug-likeness (QED) is 0.209. The molecule has 0 fully saturated rings. The van der Waals surface area contributed by atoms with E-state index in [1.807, 2.05) is 0 Å². The highest BCUT2D eigenvalue weighted by molar-refractivity contribution is 7.14. The molecular weight excluding hydrogens is 491 g/mol. The second-order valence-corrected chi connectivity index (χ2v) is 7.90. The number of alkyl halides is 3. The number of benzene rings is 2. The van der Waals surface area contributed by atoms with Crippen LogP contribution in [0.3, 0.4) is 0 Å². The summed E-state index contributed by atoms with van der Waals surface area (Å²) in [6.07, 6.45) is -4.48. The Morgan fingerprint density at radius 3 is 2.37 bits per heavy atom. The number of hydrazone groups is 1. The Balaban J connectivity index is 1.81. The summed E-state index contributed by atoms with van der Waals surface area (Å²) < 4.78 is 42.8. The molecule has 0 bridgehead atoms. The molecule has 2 aromatic carbocycles. The molecule has 9 nitrogen and oxygen atoms in total. The van der Waals surface area contributed by atoms with Crippen LogP contribution in [0.1, 0.15) is 38.8 Å². The lowest BCUT2D eigenvalue weighted by Gasteiger charge is -2.07. The summed E-state index contributed by atoms with van der Waals surface area (Å²) in [5.41, 5.74) is 1.05. The molecular formula is C22H16F3N3O6S. The number of hydrogen-bond donors (Lipinski definition) is 2. The molecule has 3 aromatic rings.